The highest BCUT2D eigenvalue weighted by molar-refractivity contribution is 4.85. The fourth-order valence-corrected chi connectivity index (χ4v) is 1.56. The van der Waals surface area contributed by atoms with Crippen LogP contribution in [0.5, 0.6) is 0 Å². The molecule has 1 rings (SSSR count). The Bertz CT molecular complexity index is 99.1. The molecule has 0 aromatic rings. The summed E-state index contributed by atoms with van der Waals surface area (Å²) in [6.07, 6.45) is 2.42. The number of nitrogens with zero attached hydrogens (tertiary/aromatic N) is 1. The number of hydrogen-bond acceptors (Lipinski definition) is 2. The lowest BCUT2D eigenvalue weighted by molar-refractivity contribution is 0.172. The summed E-state index contributed by atoms with van der Waals surface area (Å²) < 4.78 is 0. The van der Waals surface area contributed by atoms with Gasteiger partial charge >= 0.3 is 0 Å². The maximum atomic E-state index is 5.96. The second kappa shape index (κ2) is 2.27. The molecule has 2 nitrogen and oxygen atoms in total. The molecule has 0 radical (unpaired) electrons. The third-order valence-electron chi connectivity index (χ3n) is 2.22. The predicted octanol–water partition coefficient (Wildman–Crippen LogP) is 0.777. The van der Waals surface area contributed by atoms with Crippen molar-refractivity contribution >= 4 is 0 Å². The van der Waals surface area contributed by atoms with Crippen LogP contribution in [0.4, 0.5) is 0 Å². The molecule has 2 N–H and O–H groups in total. The van der Waals surface area contributed by atoms with Crippen LogP contribution >= 0.6 is 0 Å². The van der Waals surface area contributed by atoms with Crippen LogP contribution in [-0.2, 0) is 0 Å². The van der Waals surface area contributed by atoms with E-state index in [1.54, 1.807) is 0 Å². The zero-order valence-corrected chi connectivity index (χ0v) is 6.35. The summed E-state index contributed by atoms with van der Waals surface area (Å²) in [5, 5.41) is 0. The first kappa shape index (κ1) is 7.03. The highest BCUT2D eigenvalue weighted by Crippen LogP contribution is 2.22. The van der Waals surface area contributed by atoms with Crippen molar-refractivity contribution in [1.29, 1.82) is 0 Å². The number of hydrogen-bond donors (Lipinski definition) is 1. The van der Waals surface area contributed by atoms with Crippen LogP contribution in [0.25, 0.3) is 0 Å². The smallest absolute Gasteiger partial charge is 0.0658 e. The Morgan fingerprint density at radius 3 is 2.56 bits per heavy atom. The molecule has 0 bridgehead atoms. The molecule has 1 atom stereocenters. The van der Waals surface area contributed by atoms with Crippen LogP contribution < -0.4 is 5.73 Å². The van der Waals surface area contributed by atoms with E-state index in [2.05, 4.69) is 18.7 Å². The SMILES string of the molecule is CCN1CCC[C@@]1(C)N. The minimum Gasteiger partial charge on any atom is -0.313 e. The Labute approximate surface area is 57.0 Å². The Hall–Kier alpha value is -0.0800. The van der Waals surface area contributed by atoms with Gasteiger partial charge in [0.2, 0.25) is 0 Å². The van der Waals surface area contributed by atoms with Gasteiger partial charge in [-0.3, -0.25) is 4.90 Å². The molecule has 0 aliphatic carbocycles. The van der Waals surface area contributed by atoms with E-state index in [9.17, 15) is 0 Å². The van der Waals surface area contributed by atoms with Gasteiger partial charge in [0, 0.05) is 0 Å². The van der Waals surface area contributed by atoms with Crippen molar-refractivity contribution < 1.29 is 0 Å². The monoisotopic (exact) mass is 128 g/mol. The van der Waals surface area contributed by atoms with Gasteiger partial charge in [-0.05, 0) is 32.9 Å². The third kappa shape index (κ3) is 1.25. The average molecular weight is 128 g/mol. The first-order valence-corrected chi connectivity index (χ1v) is 3.71. The van der Waals surface area contributed by atoms with E-state index in [4.69, 9.17) is 5.73 Å². The summed E-state index contributed by atoms with van der Waals surface area (Å²) >= 11 is 0. The van der Waals surface area contributed by atoms with Crippen LogP contribution in [0.1, 0.15) is 26.7 Å². The van der Waals surface area contributed by atoms with Gasteiger partial charge in [0.15, 0.2) is 0 Å². The van der Waals surface area contributed by atoms with Crippen molar-refractivity contribution in [2.75, 3.05) is 13.1 Å². The van der Waals surface area contributed by atoms with E-state index in [0.717, 1.165) is 13.0 Å². The van der Waals surface area contributed by atoms with Crippen molar-refractivity contribution in [2.45, 2.75) is 32.4 Å². The van der Waals surface area contributed by atoms with E-state index in [1.807, 2.05) is 0 Å². The lowest BCUT2D eigenvalue weighted by Crippen LogP contribution is -2.48. The van der Waals surface area contributed by atoms with Gasteiger partial charge < -0.3 is 5.73 Å². The van der Waals surface area contributed by atoms with Gasteiger partial charge in [0.25, 0.3) is 0 Å². The molecule has 0 amide bonds. The molecule has 9 heavy (non-hydrogen) atoms. The zero-order chi connectivity index (χ0) is 6.91. The fourth-order valence-electron chi connectivity index (χ4n) is 1.56. The molecule has 1 fully saturated rings. The first-order valence-electron chi connectivity index (χ1n) is 3.71. The van der Waals surface area contributed by atoms with Crippen molar-refractivity contribution in [3.8, 4) is 0 Å². The van der Waals surface area contributed by atoms with Crippen molar-refractivity contribution in [3.05, 3.63) is 0 Å². The molecule has 1 aliphatic rings. The summed E-state index contributed by atoms with van der Waals surface area (Å²) in [6.45, 7) is 6.55. The molecular weight excluding hydrogens is 112 g/mol. The van der Waals surface area contributed by atoms with Gasteiger partial charge in [-0.15, -0.1) is 0 Å². The van der Waals surface area contributed by atoms with Crippen LogP contribution in [0, 0.1) is 0 Å². The molecule has 1 saturated heterocycles. The molecule has 1 heterocycles. The second-order valence-electron chi connectivity index (χ2n) is 3.04. The van der Waals surface area contributed by atoms with Gasteiger partial charge in [0.05, 0.1) is 5.66 Å². The average Bonchev–Trinajstić information content (AvgIpc) is 2.08. The minimum absolute atomic E-state index is 0.00521. The highest BCUT2D eigenvalue weighted by Gasteiger charge is 2.30. The van der Waals surface area contributed by atoms with Gasteiger partial charge in [-0.1, -0.05) is 6.92 Å². The normalized spacial score (nSPS) is 37.7. The molecule has 0 aromatic carbocycles. The zero-order valence-electron chi connectivity index (χ0n) is 6.35. The van der Waals surface area contributed by atoms with Crippen LogP contribution in [-0.4, -0.2) is 23.7 Å². The van der Waals surface area contributed by atoms with Crippen LogP contribution in [0.15, 0.2) is 0 Å². The van der Waals surface area contributed by atoms with Crippen LogP contribution in [0.2, 0.25) is 0 Å². The Morgan fingerprint density at radius 2 is 2.33 bits per heavy atom. The van der Waals surface area contributed by atoms with Gasteiger partial charge in [0.1, 0.15) is 0 Å². The van der Waals surface area contributed by atoms with Crippen molar-refractivity contribution in [3.63, 3.8) is 0 Å². The summed E-state index contributed by atoms with van der Waals surface area (Å²) in [7, 11) is 0. The predicted molar refractivity (Wildman–Crippen MR) is 39.1 cm³/mol. The molecule has 1 aliphatic heterocycles. The summed E-state index contributed by atoms with van der Waals surface area (Å²) in [6, 6.07) is 0. The van der Waals surface area contributed by atoms with E-state index in [1.165, 1.54) is 13.0 Å². The lowest BCUT2D eigenvalue weighted by Gasteiger charge is -2.29. The van der Waals surface area contributed by atoms with Crippen molar-refractivity contribution in [2.24, 2.45) is 5.73 Å². The van der Waals surface area contributed by atoms with E-state index < -0.39 is 0 Å². The maximum Gasteiger partial charge on any atom is 0.0658 e. The Morgan fingerprint density at radius 1 is 1.67 bits per heavy atom. The van der Waals surface area contributed by atoms with Crippen molar-refractivity contribution in [1.82, 2.24) is 4.90 Å². The third-order valence-corrected chi connectivity index (χ3v) is 2.22. The minimum atomic E-state index is -0.00521. The summed E-state index contributed by atoms with van der Waals surface area (Å²) in [4.78, 5) is 2.33. The van der Waals surface area contributed by atoms with Crippen LogP contribution in [0.3, 0.4) is 0 Å². The molecule has 0 aromatic heterocycles. The molecule has 0 saturated carbocycles. The quantitative estimate of drug-likeness (QED) is 0.565. The topological polar surface area (TPSA) is 29.3 Å². The number of rotatable bonds is 1. The largest absolute Gasteiger partial charge is 0.313 e. The maximum absolute atomic E-state index is 5.96. The fraction of sp³-hybridized carbons (Fsp3) is 1.00. The summed E-state index contributed by atoms with van der Waals surface area (Å²) in [5.41, 5.74) is 5.95. The Balaban J connectivity index is 2.52. The molecule has 0 spiro atoms. The summed E-state index contributed by atoms with van der Waals surface area (Å²) in [5.74, 6) is 0. The lowest BCUT2D eigenvalue weighted by atomic mass is 10.1. The second-order valence-corrected chi connectivity index (χ2v) is 3.04. The number of nitrogens with two attached hydrogens (primary N) is 1. The van der Waals surface area contributed by atoms with Gasteiger partial charge in [-0.25, -0.2) is 0 Å². The molecular formula is C7H16N2. The van der Waals surface area contributed by atoms with E-state index in [-0.39, 0.29) is 5.66 Å². The Kier molecular flexibility index (Phi) is 1.78. The van der Waals surface area contributed by atoms with E-state index >= 15 is 0 Å². The number of likely N-dealkylation sites (tertiary alicyclic amines) is 1. The first-order chi connectivity index (χ1) is 4.17. The highest BCUT2D eigenvalue weighted by atomic mass is 15.3. The molecule has 2 heteroatoms. The molecule has 0 unspecified atom stereocenters. The van der Waals surface area contributed by atoms with Gasteiger partial charge in [-0.2, -0.15) is 0 Å². The van der Waals surface area contributed by atoms with E-state index in [0.29, 0.717) is 0 Å². The molecule has 54 valence electrons. The standard InChI is InChI=1S/C7H16N2/c1-3-9-6-4-5-7(9,2)8/h3-6,8H2,1-2H3/t7-/m0/s1.